The molecule has 0 radical (unpaired) electrons. The van der Waals surface area contributed by atoms with Gasteiger partial charge in [-0.3, -0.25) is 0 Å². The SMILES string of the molecule is CC(CN1CCCC1)Nc1nc(N)nc(-n2cccn2)n1. The Labute approximate surface area is 123 Å². The summed E-state index contributed by atoms with van der Waals surface area (Å²) in [4.78, 5) is 15.0. The number of nitrogens with one attached hydrogen (secondary N) is 1. The third kappa shape index (κ3) is 3.46. The Hall–Kier alpha value is -2.22. The van der Waals surface area contributed by atoms with Crippen LogP contribution in [0.1, 0.15) is 19.8 Å². The van der Waals surface area contributed by atoms with E-state index in [0.717, 1.165) is 6.54 Å². The lowest BCUT2D eigenvalue weighted by molar-refractivity contribution is 0.327. The van der Waals surface area contributed by atoms with E-state index in [1.165, 1.54) is 25.9 Å². The first kappa shape index (κ1) is 13.7. The summed E-state index contributed by atoms with van der Waals surface area (Å²) in [5, 5.41) is 7.39. The van der Waals surface area contributed by atoms with Crippen LogP contribution in [0.4, 0.5) is 11.9 Å². The summed E-state index contributed by atoms with van der Waals surface area (Å²) in [6, 6.07) is 2.05. The Morgan fingerprint density at radius 1 is 1.29 bits per heavy atom. The number of anilines is 2. The molecule has 0 saturated carbocycles. The van der Waals surface area contributed by atoms with Gasteiger partial charge in [-0.1, -0.05) is 0 Å². The Morgan fingerprint density at radius 3 is 2.81 bits per heavy atom. The van der Waals surface area contributed by atoms with Crippen LogP contribution >= 0.6 is 0 Å². The lowest BCUT2D eigenvalue weighted by atomic mass is 10.3. The zero-order valence-corrected chi connectivity index (χ0v) is 12.1. The van der Waals surface area contributed by atoms with Crippen molar-refractivity contribution >= 4 is 11.9 Å². The van der Waals surface area contributed by atoms with Gasteiger partial charge in [-0.05, 0) is 38.9 Å². The minimum absolute atomic E-state index is 0.186. The minimum Gasteiger partial charge on any atom is -0.368 e. The van der Waals surface area contributed by atoms with Gasteiger partial charge in [0.25, 0.3) is 5.95 Å². The number of rotatable bonds is 5. The van der Waals surface area contributed by atoms with E-state index in [1.807, 2.05) is 6.07 Å². The van der Waals surface area contributed by atoms with Gasteiger partial charge in [0.2, 0.25) is 11.9 Å². The van der Waals surface area contributed by atoms with Crippen LogP contribution in [-0.4, -0.2) is 55.3 Å². The molecular weight excluding hydrogens is 268 g/mol. The Kier molecular flexibility index (Phi) is 3.96. The van der Waals surface area contributed by atoms with Crippen LogP contribution in [0.15, 0.2) is 18.5 Å². The summed E-state index contributed by atoms with van der Waals surface area (Å²) >= 11 is 0. The average Bonchev–Trinajstić information content (AvgIpc) is 3.10. The fourth-order valence-electron chi connectivity index (χ4n) is 2.55. The predicted octanol–water partition coefficient (Wildman–Crippen LogP) is 0.536. The zero-order valence-electron chi connectivity index (χ0n) is 12.1. The first-order valence-electron chi connectivity index (χ1n) is 7.21. The zero-order chi connectivity index (χ0) is 14.7. The van der Waals surface area contributed by atoms with Crippen LogP contribution in [0.25, 0.3) is 5.95 Å². The molecule has 0 spiro atoms. The number of nitrogens with two attached hydrogens (primary N) is 1. The highest BCUT2D eigenvalue weighted by atomic mass is 15.4. The van der Waals surface area contributed by atoms with Crippen molar-refractivity contribution in [1.82, 2.24) is 29.6 Å². The monoisotopic (exact) mass is 288 g/mol. The highest BCUT2D eigenvalue weighted by molar-refractivity contribution is 5.35. The highest BCUT2D eigenvalue weighted by Gasteiger charge is 2.16. The van der Waals surface area contributed by atoms with Gasteiger partial charge >= 0.3 is 0 Å². The number of nitrogen functional groups attached to an aromatic ring is 1. The fourth-order valence-corrected chi connectivity index (χ4v) is 2.55. The van der Waals surface area contributed by atoms with Crippen LogP contribution in [0.3, 0.4) is 0 Å². The molecule has 0 amide bonds. The Morgan fingerprint density at radius 2 is 2.10 bits per heavy atom. The summed E-state index contributed by atoms with van der Waals surface area (Å²) in [7, 11) is 0. The van der Waals surface area contributed by atoms with Crippen molar-refractivity contribution in [2.45, 2.75) is 25.8 Å². The molecule has 112 valence electrons. The van der Waals surface area contributed by atoms with E-state index in [0.29, 0.717) is 11.9 Å². The summed E-state index contributed by atoms with van der Waals surface area (Å²) < 4.78 is 1.56. The molecule has 1 aliphatic rings. The van der Waals surface area contributed by atoms with Gasteiger partial charge in [0.05, 0.1) is 0 Å². The number of hydrogen-bond acceptors (Lipinski definition) is 7. The van der Waals surface area contributed by atoms with Gasteiger partial charge in [-0.25, -0.2) is 4.68 Å². The van der Waals surface area contributed by atoms with Gasteiger partial charge in [-0.15, -0.1) is 0 Å². The molecule has 3 rings (SSSR count). The van der Waals surface area contributed by atoms with Gasteiger partial charge in [0, 0.05) is 25.0 Å². The van der Waals surface area contributed by atoms with Crippen molar-refractivity contribution in [3.05, 3.63) is 18.5 Å². The van der Waals surface area contributed by atoms with Gasteiger partial charge in [-0.2, -0.15) is 20.1 Å². The maximum atomic E-state index is 5.75. The van der Waals surface area contributed by atoms with Crippen molar-refractivity contribution in [2.75, 3.05) is 30.7 Å². The van der Waals surface area contributed by atoms with Crippen molar-refractivity contribution in [3.8, 4) is 5.95 Å². The number of likely N-dealkylation sites (tertiary alicyclic amines) is 1. The normalized spacial score (nSPS) is 17.0. The van der Waals surface area contributed by atoms with E-state index in [1.54, 1.807) is 17.1 Å². The first-order valence-corrected chi connectivity index (χ1v) is 7.21. The molecule has 0 aromatic carbocycles. The lowest BCUT2D eigenvalue weighted by Crippen LogP contribution is -2.33. The molecular formula is C13H20N8. The summed E-state index contributed by atoms with van der Waals surface area (Å²) in [6.07, 6.45) is 6.01. The molecule has 8 nitrogen and oxygen atoms in total. The predicted molar refractivity (Wildman–Crippen MR) is 80.1 cm³/mol. The van der Waals surface area contributed by atoms with Crippen molar-refractivity contribution in [2.24, 2.45) is 0 Å². The molecule has 3 heterocycles. The quantitative estimate of drug-likeness (QED) is 0.828. The molecule has 2 aromatic heterocycles. The smallest absolute Gasteiger partial charge is 0.257 e. The molecule has 1 fully saturated rings. The molecule has 0 aliphatic carbocycles. The Bertz CT molecular complexity index is 576. The van der Waals surface area contributed by atoms with Crippen LogP contribution < -0.4 is 11.1 Å². The fraction of sp³-hybridized carbons (Fsp3) is 0.538. The summed E-state index contributed by atoms with van der Waals surface area (Å²) in [5.74, 6) is 1.09. The van der Waals surface area contributed by atoms with E-state index in [9.17, 15) is 0 Å². The molecule has 1 saturated heterocycles. The van der Waals surface area contributed by atoms with Crippen molar-refractivity contribution in [1.29, 1.82) is 0 Å². The van der Waals surface area contributed by atoms with Crippen LogP contribution in [0.2, 0.25) is 0 Å². The molecule has 2 aromatic rings. The van der Waals surface area contributed by atoms with Crippen LogP contribution in [-0.2, 0) is 0 Å². The molecule has 8 heteroatoms. The molecule has 1 unspecified atom stereocenters. The van der Waals surface area contributed by atoms with E-state index in [2.05, 4.69) is 37.2 Å². The number of aromatic nitrogens is 5. The highest BCUT2D eigenvalue weighted by Crippen LogP contribution is 2.11. The van der Waals surface area contributed by atoms with Crippen LogP contribution in [0, 0.1) is 0 Å². The van der Waals surface area contributed by atoms with E-state index in [-0.39, 0.29) is 12.0 Å². The molecule has 1 atom stereocenters. The lowest BCUT2D eigenvalue weighted by Gasteiger charge is -2.21. The van der Waals surface area contributed by atoms with Crippen LogP contribution in [0.5, 0.6) is 0 Å². The van der Waals surface area contributed by atoms with Crippen molar-refractivity contribution in [3.63, 3.8) is 0 Å². The first-order chi connectivity index (χ1) is 10.2. The third-order valence-electron chi connectivity index (χ3n) is 3.46. The molecule has 3 N–H and O–H groups in total. The maximum Gasteiger partial charge on any atom is 0.257 e. The second-order valence-corrected chi connectivity index (χ2v) is 5.32. The second kappa shape index (κ2) is 6.04. The number of nitrogens with zero attached hydrogens (tertiary/aromatic N) is 6. The summed E-state index contributed by atoms with van der Waals surface area (Å²) in [6.45, 7) is 5.43. The minimum atomic E-state index is 0.186. The second-order valence-electron chi connectivity index (χ2n) is 5.32. The van der Waals surface area contributed by atoms with Crippen molar-refractivity contribution < 1.29 is 0 Å². The maximum absolute atomic E-state index is 5.75. The molecule has 0 bridgehead atoms. The standard InChI is InChI=1S/C13H20N8/c1-10(9-20-6-2-3-7-20)16-12-17-11(14)18-13(19-12)21-8-4-5-15-21/h4-5,8,10H,2-3,6-7,9H2,1H3,(H3,14,16,17,18,19). The van der Waals surface area contributed by atoms with Gasteiger partial charge in [0.15, 0.2) is 0 Å². The number of hydrogen-bond donors (Lipinski definition) is 2. The van der Waals surface area contributed by atoms with E-state index >= 15 is 0 Å². The van der Waals surface area contributed by atoms with Gasteiger partial charge in [0.1, 0.15) is 0 Å². The summed E-state index contributed by atoms with van der Waals surface area (Å²) in [5.41, 5.74) is 5.75. The van der Waals surface area contributed by atoms with Gasteiger partial charge < -0.3 is 16.0 Å². The molecule has 1 aliphatic heterocycles. The largest absolute Gasteiger partial charge is 0.368 e. The third-order valence-corrected chi connectivity index (χ3v) is 3.46. The molecule has 21 heavy (non-hydrogen) atoms. The average molecular weight is 288 g/mol. The van der Waals surface area contributed by atoms with E-state index < -0.39 is 0 Å². The Balaban J connectivity index is 1.69. The van der Waals surface area contributed by atoms with E-state index in [4.69, 9.17) is 5.73 Å². The topological polar surface area (TPSA) is 97.8 Å².